The number of benzene rings is 1. The Morgan fingerprint density at radius 3 is 3.00 bits per heavy atom. The summed E-state index contributed by atoms with van der Waals surface area (Å²) in [5, 5.41) is 9.02. The highest BCUT2D eigenvalue weighted by molar-refractivity contribution is 14.0. The topological polar surface area (TPSA) is 61.4 Å². The molecule has 1 saturated heterocycles. The third kappa shape index (κ3) is 4.00. The maximum absolute atomic E-state index is 6.15. The first kappa shape index (κ1) is 21.7. The maximum atomic E-state index is 6.15. The number of H-pyrrole nitrogens is 1. The van der Waals surface area contributed by atoms with Gasteiger partial charge in [-0.05, 0) is 43.5 Å². The standard InChI is InChI=1S/C21H29ClN4O.HI/c1-4-23-20(26-18-15-8-10-27-19(15)21(18,2)3)24-9-7-13-12-25-17-6-5-14(22)11-16(13)17;/h5-6,11-12,15,18-19,25H,4,7-10H2,1-3H3,(H2,23,24,26);1H. The van der Waals surface area contributed by atoms with Crippen molar-refractivity contribution in [3.8, 4) is 0 Å². The molecule has 1 aliphatic heterocycles. The summed E-state index contributed by atoms with van der Waals surface area (Å²) >= 11 is 6.15. The first-order valence-electron chi connectivity index (χ1n) is 9.92. The number of halogens is 2. The van der Waals surface area contributed by atoms with Gasteiger partial charge in [0.25, 0.3) is 0 Å². The summed E-state index contributed by atoms with van der Waals surface area (Å²) in [6.45, 7) is 9.14. The molecule has 2 aromatic rings. The molecule has 4 rings (SSSR count). The molecule has 3 atom stereocenters. The van der Waals surface area contributed by atoms with Crippen LogP contribution in [-0.2, 0) is 11.2 Å². The van der Waals surface area contributed by atoms with Crippen LogP contribution < -0.4 is 10.6 Å². The molecule has 3 N–H and O–H groups in total. The molecule has 2 aliphatic rings. The van der Waals surface area contributed by atoms with Gasteiger partial charge in [-0.25, -0.2) is 0 Å². The zero-order valence-electron chi connectivity index (χ0n) is 16.7. The largest absolute Gasteiger partial charge is 0.377 e. The predicted octanol–water partition coefficient (Wildman–Crippen LogP) is 4.35. The molecule has 3 unspecified atom stereocenters. The van der Waals surface area contributed by atoms with Crippen LogP contribution in [0.5, 0.6) is 0 Å². The van der Waals surface area contributed by atoms with Gasteiger partial charge >= 0.3 is 0 Å². The Morgan fingerprint density at radius 1 is 1.39 bits per heavy atom. The Kier molecular flexibility index (Phi) is 6.82. The molecule has 5 nitrogen and oxygen atoms in total. The fourth-order valence-corrected chi connectivity index (χ4v) is 4.90. The van der Waals surface area contributed by atoms with Crippen LogP contribution in [0, 0.1) is 11.3 Å². The normalized spacial score (nSPS) is 25.7. The van der Waals surface area contributed by atoms with Crippen molar-refractivity contribution in [3.05, 3.63) is 35.0 Å². The smallest absolute Gasteiger partial charge is 0.191 e. The van der Waals surface area contributed by atoms with E-state index in [1.807, 2.05) is 18.2 Å². The number of guanidine groups is 1. The number of nitrogens with zero attached hydrogens (tertiary/aromatic N) is 1. The minimum absolute atomic E-state index is 0. The fourth-order valence-electron chi connectivity index (χ4n) is 4.73. The van der Waals surface area contributed by atoms with Crippen molar-refractivity contribution in [1.29, 1.82) is 0 Å². The third-order valence-corrected chi connectivity index (χ3v) is 6.35. The molecule has 1 aromatic heterocycles. The monoisotopic (exact) mass is 516 g/mol. The van der Waals surface area contributed by atoms with Gasteiger partial charge in [-0.2, -0.15) is 0 Å². The number of ether oxygens (including phenoxy) is 1. The van der Waals surface area contributed by atoms with E-state index < -0.39 is 0 Å². The SMILES string of the molecule is CCNC(=NCCc1c[nH]c2ccc(Cl)cc12)NC1C2CCOC2C1(C)C.I. The molecule has 7 heteroatoms. The second-order valence-electron chi connectivity index (χ2n) is 8.20. The number of aliphatic imine (C=N–C) groups is 1. The summed E-state index contributed by atoms with van der Waals surface area (Å²) in [6.07, 6.45) is 4.46. The lowest BCUT2D eigenvalue weighted by Crippen LogP contribution is -2.68. The Hall–Kier alpha value is -0.990. The average molecular weight is 517 g/mol. The lowest BCUT2D eigenvalue weighted by atomic mass is 9.57. The molecule has 0 radical (unpaired) electrons. The van der Waals surface area contributed by atoms with E-state index in [4.69, 9.17) is 21.3 Å². The van der Waals surface area contributed by atoms with E-state index in [2.05, 4.69) is 42.6 Å². The molecule has 0 amide bonds. The Bertz CT molecular complexity index is 850. The molecule has 1 aliphatic carbocycles. The molecule has 1 aromatic carbocycles. The molecule has 0 bridgehead atoms. The van der Waals surface area contributed by atoms with Crippen LogP contribution in [0.2, 0.25) is 5.02 Å². The number of aromatic amines is 1. The number of hydrogen-bond donors (Lipinski definition) is 3. The number of hydrogen-bond acceptors (Lipinski definition) is 2. The van der Waals surface area contributed by atoms with Gasteiger partial charge in [-0.3, -0.25) is 4.99 Å². The van der Waals surface area contributed by atoms with Crippen LogP contribution in [0.4, 0.5) is 0 Å². The summed E-state index contributed by atoms with van der Waals surface area (Å²) < 4.78 is 5.91. The van der Waals surface area contributed by atoms with Crippen molar-refractivity contribution in [2.45, 2.75) is 45.8 Å². The Balaban J connectivity index is 0.00000225. The van der Waals surface area contributed by atoms with Gasteiger partial charge in [-0.1, -0.05) is 25.4 Å². The molecule has 28 heavy (non-hydrogen) atoms. The second kappa shape index (κ2) is 8.79. The molecule has 1 saturated carbocycles. The number of aromatic nitrogens is 1. The van der Waals surface area contributed by atoms with Crippen molar-refractivity contribution >= 4 is 52.4 Å². The maximum Gasteiger partial charge on any atom is 0.191 e. The van der Waals surface area contributed by atoms with Crippen molar-refractivity contribution in [2.75, 3.05) is 19.7 Å². The Labute approximate surface area is 189 Å². The summed E-state index contributed by atoms with van der Waals surface area (Å²) in [5.41, 5.74) is 2.51. The van der Waals surface area contributed by atoms with Gasteiger partial charge in [0.05, 0.1) is 6.10 Å². The summed E-state index contributed by atoms with van der Waals surface area (Å²) in [7, 11) is 0. The first-order valence-corrected chi connectivity index (χ1v) is 10.3. The average Bonchev–Trinajstić information content (AvgIpc) is 3.25. The van der Waals surface area contributed by atoms with E-state index in [1.54, 1.807) is 0 Å². The van der Waals surface area contributed by atoms with E-state index in [1.165, 1.54) is 10.9 Å². The summed E-state index contributed by atoms with van der Waals surface area (Å²) in [5.74, 6) is 1.50. The van der Waals surface area contributed by atoms with Gasteiger partial charge in [0.2, 0.25) is 0 Å². The highest BCUT2D eigenvalue weighted by atomic mass is 127. The predicted molar refractivity (Wildman–Crippen MR) is 127 cm³/mol. The van der Waals surface area contributed by atoms with Crippen molar-refractivity contribution in [3.63, 3.8) is 0 Å². The molecular weight excluding hydrogens is 487 g/mol. The van der Waals surface area contributed by atoms with Crippen LogP contribution in [0.1, 0.15) is 32.8 Å². The van der Waals surface area contributed by atoms with Gasteiger partial charge < -0.3 is 20.4 Å². The van der Waals surface area contributed by atoms with Crippen molar-refractivity contribution in [1.82, 2.24) is 15.6 Å². The minimum Gasteiger partial charge on any atom is -0.377 e. The molecule has 154 valence electrons. The van der Waals surface area contributed by atoms with E-state index in [-0.39, 0.29) is 29.4 Å². The van der Waals surface area contributed by atoms with Gasteiger partial charge in [0.1, 0.15) is 0 Å². The van der Waals surface area contributed by atoms with E-state index >= 15 is 0 Å². The van der Waals surface area contributed by atoms with Gasteiger partial charge in [0, 0.05) is 59.2 Å². The fraction of sp³-hybridized carbons (Fsp3) is 0.571. The highest BCUT2D eigenvalue weighted by Crippen LogP contribution is 2.52. The lowest BCUT2D eigenvalue weighted by molar-refractivity contribution is -0.106. The van der Waals surface area contributed by atoms with Crippen molar-refractivity contribution in [2.24, 2.45) is 16.3 Å². The van der Waals surface area contributed by atoms with Gasteiger partial charge in [-0.15, -0.1) is 24.0 Å². The van der Waals surface area contributed by atoms with Crippen LogP contribution in [0.25, 0.3) is 10.9 Å². The third-order valence-electron chi connectivity index (χ3n) is 6.12. The van der Waals surface area contributed by atoms with E-state index in [0.29, 0.717) is 18.1 Å². The first-order chi connectivity index (χ1) is 13.0. The van der Waals surface area contributed by atoms with Crippen LogP contribution >= 0.6 is 35.6 Å². The molecule has 2 heterocycles. The highest BCUT2D eigenvalue weighted by Gasteiger charge is 2.59. The zero-order chi connectivity index (χ0) is 19.0. The number of rotatable bonds is 5. The zero-order valence-corrected chi connectivity index (χ0v) is 19.8. The molecule has 2 fully saturated rings. The number of fused-ring (bicyclic) bond motifs is 2. The second-order valence-corrected chi connectivity index (χ2v) is 8.64. The van der Waals surface area contributed by atoms with Crippen LogP contribution in [0.15, 0.2) is 29.4 Å². The molecule has 0 spiro atoms. The summed E-state index contributed by atoms with van der Waals surface area (Å²) in [4.78, 5) is 8.14. The van der Waals surface area contributed by atoms with E-state index in [9.17, 15) is 0 Å². The van der Waals surface area contributed by atoms with Crippen molar-refractivity contribution < 1.29 is 4.74 Å². The quantitative estimate of drug-likeness (QED) is 0.315. The summed E-state index contributed by atoms with van der Waals surface area (Å²) in [6, 6.07) is 6.37. The Morgan fingerprint density at radius 2 is 2.21 bits per heavy atom. The molecular formula is C21H30ClIN4O. The minimum atomic E-state index is 0. The van der Waals surface area contributed by atoms with E-state index in [0.717, 1.165) is 49.0 Å². The van der Waals surface area contributed by atoms with Crippen LogP contribution in [0.3, 0.4) is 0 Å². The number of nitrogens with one attached hydrogen (secondary N) is 3. The lowest BCUT2D eigenvalue weighted by Gasteiger charge is -2.54. The van der Waals surface area contributed by atoms with Gasteiger partial charge in [0.15, 0.2) is 5.96 Å². The van der Waals surface area contributed by atoms with Crippen LogP contribution in [-0.4, -0.2) is 42.8 Å².